The Morgan fingerprint density at radius 3 is 2.61 bits per heavy atom. The van der Waals surface area contributed by atoms with E-state index in [2.05, 4.69) is 15.3 Å². The number of benzene rings is 2. The van der Waals surface area contributed by atoms with Crippen molar-refractivity contribution in [1.82, 2.24) is 9.97 Å². The molecule has 0 radical (unpaired) electrons. The molecule has 162 valence electrons. The van der Waals surface area contributed by atoms with Crippen molar-refractivity contribution >= 4 is 22.7 Å². The molecule has 3 aromatic rings. The van der Waals surface area contributed by atoms with Gasteiger partial charge in [0, 0.05) is 17.1 Å². The number of aromatic nitrogens is 2. The van der Waals surface area contributed by atoms with Gasteiger partial charge in [-0.15, -0.1) is 0 Å². The highest BCUT2D eigenvalue weighted by molar-refractivity contribution is 5.90. The highest BCUT2D eigenvalue weighted by Gasteiger charge is 2.18. The zero-order valence-electron chi connectivity index (χ0n) is 16.6. The Bertz CT molecular complexity index is 1120. The van der Waals surface area contributed by atoms with E-state index >= 15 is 0 Å². The van der Waals surface area contributed by atoms with E-state index in [0.29, 0.717) is 28.0 Å². The molecule has 2 unspecified atom stereocenters. The third-order valence-corrected chi connectivity index (χ3v) is 4.22. The van der Waals surface area contributed by atoms with E-state index in [1.807, 2.05) is 0 Å². The minimum absolute atomic E-state index is 0.0395. The summed E-state index contributed by atoms with van der Waals surface area (Å²) in [5, 5.41) is 23.1. The lowest BCUT2D eigenvalue weighted by molar-refractivity contribution is -0.139. The van der Waals surface area contributed by atoms with Gasteiger partial charge in [0.25, 0.3) is 0 Å². The number of fused-ring (bicyclic) bond motifs is 1. The van der Waals surface area contributed by atoms with Crippen LogP contribution in [0.15, 0.2) is 54.2 Å². The lowest BCUT2D eigenvalue weighted by Crippen LogP contribution is -2.29. The zero-order valence-corrected chi connectivity index (χ0v) is 16.6. The Hall–Kier alpha value is -3.76. The van der Waals surface area contributed by atoms with E-state index in [0.717, 1.165) is 0 Å². The number of nitrogens with one attached hydrogen (secondary N) is 1. The van der Waals surface area contributed by atoms with Gasteiger partial charge in [0.2, 0.25) is 0 Å². The van der Waals surface area contributed by atoms with Crippen LogP contribution in [0.4, 0.5) is 10.2 Å². The van der Waals surface area contributed by atoms with Crippen molar-refractivity contribution in [1.29, 1.82) is 0 Å². The van der Waals surface area contributed by atoms with Crippen LogP contribution >= 0.6 is 0 Å². The summed E-state index contributed by atoms with van der Waals surface area (Å²) in [7, 11) is 0. The predicted octanol–water partition coefficient (Wildman–Crippen LogP) is 1.87. The molecule has 2 aromatic carbocycles. The summed E-state index contributed by atoms with van der Waals surface area (Å²) in [4.78, 5) is 19.6. The van der Waals surface area contributed by atoms with Gasteiger partial charge in [0.1, 0.15) is 23.5 Å². The van der Waals surface area contributed by atoms with Crippen molar-refractivity contribution in [2.24, 2.45) is 11.5 Å². The summed E-state index contributed by atoms with van der Waals surface area (Å²) in [6.45, 7) is 1.17. The van der Waals surface area contributed by atoms with Crippen LogP contribution in [0.2, 0.25) is 0 Å². The van der Waals surface area contributed by atoms with Crippen LogP contribution in [0.1, 0.15) is 24.4 Å². The first-order chi connectivity index (χ1) is 14.7. The van der Waals surface area contributed by atoms with Crippen LogP contribution in [0.25, 0.3) is 10.9 Å². The van der Waals surface area contributed by atoms with Crippen molar-refractivity contribution in [3.8, 4) is 5.75 Å². The molecule has 0 aliphatic rings. The molecule has 0 spiro atoms. The first kappa shape index (κ1) is 21.9. The van der Waals surface area contributed by atoms with E-state index in [1.165, 1.54) is 30.3 Å². The number of halogens is 1. The minimum atomic E-state index is -1.24. The molecule has 0 amide bonds. The number of carboxylic acid groups (broad SMARTS) is 1. The second-order valence-electron chi connectivity index (χ2n) is 6.83. The van der Waals surface area contributed by atoms with Gasteiger partial charge in [0.05, 0.1) is 11.7 Å². The first-order valence-corrected chi connectivity index (χ1v) is 9.29. The molecule has 1 heterocycles. The fourth-order valence-electron chi connectivity index (χ4n) is 2.87. The summed E-state index contributed by atoms with van der Waals surface area (Å²) >= 11 is 0. The summed E-state index contributed by atoms with van der Waals surface area (Å²) in [6.07, 6.45) is -0.312. The SMILES string of the molecule is C/C(N)=C/C(N)Nc1nc(C(O)c2ccc(F)cc2)nc2cc(OCC(=O)O)ccc12. The molecular formula is C21H22FN5O4. The molecule has 0 saturated carbocycles. The van der Waals surface area contributed by atoms with Gasteiger partial charge in [-0.1, -0.05) is 12.1 Å². The third kappa shape index (κ3) is 5.65. The van der Waals surface area contributed by atoms with Crippen LogP contribution in [0.3, 0.4) is 0 Å². The maximum Gasteiger partial charge on any atom is 0.341 e. The van der Waals surface area contributed by atoms with Gasteiger partial charge >= 0.3 is 5.97 Å². The number of rotatable bonds is 8. The molecule has 1 aromatic heterocycles. The third-order valence-electron chi connectivity index (χ3n) is 4.22. The van der Waals surface area contributed by atoms with Crippen LogP contribution in [-0.4, -0.2) is 38.9 Å². The summed E-state index contributed by atoms with van der Waals surface area (Å²) in [6, 6.07) is 10.1. The van der Waals surface area contributed by atoms with Gasteiger partial charge in [-0.05, 0) is 42.8 Å². The maximum atomic E-state index is 13.2. The van der Waals surface area contributed by atoms with E-state index in [1.54, 1.807) is 25.1 Å². The lowest BCUT2D eigenvalue weighted by Gasteiger charge is -2.17. The van der Waals surface area contributed by atoms with E-state index in [4.69, 9.17) is 21.3 Å². The molecule has 3 rings (SSSR count). The fourth-order valence-corrected chi connectivity index (χ4v) is 2.87. The molecule has 0 aliphatic carbocycles. The number of carboxylic acids is 1. The molecular weight excluding hydrogens is 405 g/mol. The number of nitrogens with zero attached hydrogens (tertiary/aromatic N) is 2. The Morgan fingerprint density at radius 2 is 1.97 bits per heavy atom. The average molecular weight is 427 g/mol. The highest BCUT2D eigenvalue weighted by Crippen LogP contribution is 2.28. The number of nitrogens with two attached hydrogens (primary N) is 2. The van der Waals surface area contributed by atoms with Crippen LogP contribution < -0.4 is 21.5 Å². The van der Waals surface area contributed by atoms with E-state index in [-0.39, 0.29) is 11.6 Å². The lowest BCUT2D eigenvalue weighted by atomic mass is 10.1. The minimum Gasteiger partial charge on any atom is -0.482 e. The Kier molecular flexibility index (Phi) is 6.63. The smallest absolute Gasteiger partial charge is 0.341 e. The summed E-state index contributed by atoms with van der Waals surface area (Å²) in [5.41, 5.74) is 13.0. The van der Waals surface area contributed by atoms with Crippen molar-refractivity contribution < 1.29 is 24.1 Å². The maximum absolute atomic E-state index is 13.2. The average Bonchev–Trinajstić information content (AvgIpc) is 2.71. The van der Waals surface area contributed by atoms with Gasteiger partial charge < -0.3 is 31.7 Å². The fraction of sp³-hybridized carbons (Fsp3) is 0.190. The number of aliphatic hydroxyl groups is 1. The highest BCUT2D eigenvalue weighted by atomic mass is 19.1. The van der Waals surface area contributed by atoms with Crippen molar-refractivity contribution in [3.63, 3.8) is 0 Å². The van der Waals surface area contributed by atoms with Gasteiger partial charge in [0.15, 0.2) is 12.4 Å². The van der Waals surface area contributed by atoms with Gasteiger partial charge in [-0.2, -0.15) is 0 Å². The second-order valence-corrected chi connectivity index (χ2v) is 6.83. The molecule has 0 fully saturated rings. The summed E-state index contributed by atoms with van der Waals surface area (Å²) in [5.74, 6) is -0.905. The number of anilines is 1. The number of ether oxygens (including phenoxy) is 1. The zero-order chi connectivity index (χ0) is 22.5. The number of allylic oxidation sites excluding steroid dienone is 1. The molecule has 9 nitrogen and oxygen atoms in total. The second kappa shape index (κ2) is 9.37. The Balaban J connectivity index is 2.06. The van der Waals surface area contributed by atoms with Crippen LogP contribution in [0.5, 0.6) is 5.75 Å². The Labute approximate surface area is 177 Å². The topological polar surface area (TPSA) is 157 Å². The molecule has 2 atom stereocenters. The van der Waals surface area contributed by atoms with Crippen LogP contribution in [-0.2, 0) is 4.79 Å². The molecule has 31 heavy (non-hydrogen) atoms. The van der Waals surface area contributed by atoms with Gasteiger partial charge in [-0.3, -0.25) is 0 Å². The van der Waals surface area contributed by atoms with Gasteiger partial charge in [-0.25, -0.2) is 19.2 Å². The molecule has 10 heteroatoms. The quantitative estimate of drug-likeness (QED) is 0.339. The van der Waals surface area contributed by atoms with E-state index < -0.39 is 30.7 Å². The predicted molar refractivity (Wildman–Crippen MR) is 113 cm³/mol. The molecule has 7 N–H and O–H groups in total. The first-order valence-electron chi connectivity index (χ1n) is 9.29. The Morgan fingerprint density at radius 1 is 1.26 bits per heavy atom. The number of carbonyl (C=O) groups is 1. The molecule has 0 bridgehead atoms. The van der Waals surface area contributed by atoms with E-state index in [9.17, 15) is 14.3 Å². The number of aliphatic hydroxyl groups excluding tert-OH is 1. The molecule has 0 saturated heterocycles. The van der Waals surface area contributed by atoms with Crippen molar-refractivity contribution in [3.05, 3.63) is 71.4 Å². The number of aliphatic carboxylic acids is 1. The summed E-state index contributed by atoms with van der Waals surface area (Å²) < 4.78 is 18.5. The van der Waals surface area contributed by atoms with Crippen molar-refractivity contribution in [2.75, 3.05) is 11.9 Å². The standard InChI is InChI=1S/C21H22FN5O4/c1-11(23)8-17(24)26-20-15-7-6-14(31-10-18(28)29)9-16(15)25-21(27-20)19(30)12-2-4-13(22)5-3-12/h2-9,17,19,30H,10,23-24H2,1H3,(H,28,29)(H,25,26,27)/b11-8-. The van der Waals surface area contributed by atoms with Crippen LogP contribution in [0, 0.1) is 5.82 Å². The number of hydrogen-bond acceptors (Lipinski definition) is 8. The van der Waals surface area contributed by atoms with Crippen molar-refractivity contribution in [2.45, 2.75) is 19.2 Å². The normalized spacial score (nSPS) is 13.6. The molecule has 0 aliphatic heterocycles. The monoisotopic (exact) mass is 427 g/mol. The number of hydrogen-bond donors (Lipinski definition) is 5. The largest absolute Gasteiger partial charge is 0.482 e.